The Labute approximate surface area is 91.2 Å². The van der Waals surface area contributed by atoms with Gasteiger partial charge in [-0.25, -0.2) is 13.8 Å². The molecule has 2 rings (SSSR count). The van der Waals surface area contributed by atoms with Crippen LogP contribution >= 0.6 is 0 Å². The number of nitrogens with one attached hydrogen (secondary N) is 1. The molecule has 16 heavy (non-hydrogen) atoms. The first kappa shape index (κ1) is 10.5. The molecule has 0 spiro atoms. The molecular weight excluding hydrogens is 212 g/mol. The maximum Gasteiger partial charge on any atom is 0.152 e. The van der Waals surface area contributed by atoms with E-state index in [4.69, 9.17) is 0 Å². The Morgan fingerprint density at radius 3 is 2.56 bits per heavy atom. The fraction of sp³-hybridized carbons (Fsp3) is 0.0909. The van der Waals surface area contributed by atoms with Crippen molar-refractivity contribution in [3.63, 3.8) is 0 Å². The van der Waals surface area contributed by atoms with E-state index in [2.05, 4.69) is 15.3 Å². The Balaban J connectivity index is 2.58. The first-order chi connectivity index (χ1) is 7.72. The van der Waals surface area contributed by atoms with Crippen LogP contribution in [0.5, 0.6) is 0 Å². The molecule has 5 heteroatoms. The molecule has 0 saturated carbocycles. The Hall–Kier alpha value is -2.04. The lowest BCUT2D eigenvalue weighted by Crippen LogP contribution is -1.98. The molecule has 0 aliphatic heterocycles. The van der Waals surface area contributed by atoms with E-state index in [1.165, 1.54) is 24.5 Å². The molecule has 1 heterocycles. The topological polar surface area (TPSA) is 37.8 Å². The van der Waals surface area contributed by atoms with Crippen LogP contribution in [0.4, 0.5) is 14.6 Å². The van der Waals surface area contributed by atoms with Crippen molar-refractivity contribution >= 4 is 5.82 Å². The number of hydrogen-bond donors (Lipinski definition) is 1. The van der Waals surface area contributed by atoms with Crippen LogP contribution < -0.4 is 5.32 Å². The minimum absolute atomic E-state index is 0.221. The van der Waals surface area contributed by atoms with E-state index in [1.54, 1.807) is 7.05 Å². The van der Waals surface area contributed by atoms with Crippen LogP contribution in [-0.2, 0) is 0 Å². The summed E-state index contributed by atoms with van der Waals surface area (Å²) in [4.78, 5) is 8.03. The smallest absolute Gasteiger partial charge is 0.152 e. The molecule has 0 aliphatic rings. The molecule has 3 nitrogen and oxygen atoms in total. The molecule has 1 N–H and O–H groups in total. The van der Waals surface area contributed by atoms with Gasteiger partial charge in [0, 0.05) is 31.1 Å². The number of hydrogen-bond acceptors (Lipinski definition) is 3. The molecule has 0 amide bonds. The monoisotopic (exact) mass is 221 g/mol. The lowest BCUT2D eigenvalue weighted by Gasteiger charge is -2.07. The van der Waals surface area contributed by atoms with Gasteiger partial charge in [0.05, 0.1) is 0 Å². The normalized spacial score (nSPS) is 10.2. The first-order valence-electron chi connectivity index (χ1n) is 4.66. The maximum absolute atomic E-state index is 13.5. The van der Waals surface area contributed by atoms with Crippen LogP contribution in [0.1, 0.15) is 0 Å². The number of halogens is 2. The quantitative estimate of drug-likeness (QED) is 0.846. The third-order valence-corrected chi connectivity index (χ3v) is 2.12. The molecule has 0 bridgehead atoms. The van der Waals surface area contributed by atoms with Gasteiger partial charge >= 0.3 is 0 Å². The Morgan fingerprint density at radius 1 is 1.12 bits per heavy atom. The molecular formula is C11H9F2N3. The van der Waals surface area contributed by atoms with Gasteiger partial charge in [-0.15, -0.1) is 0 Å². The average Bonchev–Trinajstić information content (AvgIpc) is 2.29. The molecule has 1 aromatic carbocycles. The zero-order valence-electron chi connectivity index (χ0n) is 8.54. The summed E-state index contributed by atoms with van der Waals surface area (Å²) in [6.45, 7) is 0. The van der Waals surface area contributed by atoms with Crippen molar-refractivity contribution in [2.24, 2.45) is 0 Å². The number of nitrogens with zero attached hydrogens (tertiary/aromatic N) is 2. The Kier molecular flexibility index (Phi) is 2.76. The lowest BCUT2D eigenvalue weighted by atomic mass is 10.1. The summed E-state index contributed by atoms with van der Waals surface area (Å²) in [7, 11) is 1.66. The number of aromatic nitrogens is 2. The van der Waals surface area contributed by atoms with E-state index >= 15 is 0 Å². The highest BCUT2D eigenvalue weighted by Crippen LogP contribution is 2.26. The second-order valence-corrected chi connectivity index (χ2v) is 3.13. The lowest BCUT2D eigenvalue weighted by molar-refractivity contribution is 0.585. The van der Waals surface area contributed by atoms with Crippen molar-refractivity contribution < 1.29 is 8.78 Å². The van der Waals surface area contributed by atoms with Gasteiger partial charge in [0.1, 0.15) is 17.3 Å². The zero-order valence-corrected chi connectivity index (χ0v) is 8.54. The molecule has 82 valence electrons. The van der Waals surface area contributed by atoms with Gasteiger partial charge in [-0.2, -0.15) is 0 Å². The molecule has 0 radical (unpaired) electrons. The Bertz CT molecular complexity index is 514. The predicted molar refractivity (Wildman–Crippen MR) is 56.9 cm³/mol. The van der Waals surface area contributed by atoms with E-state index in [0.29, 0.717) is 11.5 Å². The van der Waals surface area contributed by atoms with Crippen molar-refractivity contribution in [2.45, 2.75) is 0 Å². The standard InChI is InChI=1S/C11H9F2N3/c1-14-11-10(15-4-5-16-11)8-3-2-7(12)6-9(8)13/h2-6H,1H3,(H,14,16). The summed E-state index contributed by atoms with van der Waals surface area (Å²) in [6, 6.07) is 3.35. The summed E-state index contributed by atoms with van der Waals surface area (Å²) >= 11 is 0. The van der Waals surface area contributed by atoms with Crippen molar-refractivity contribution in [3.8, 4) is 11.3 Å². The molecule has 2 aromatic rings. The number of anilines is 1. The van der Waals surface area contributed by atoms with E-state index in [9.17, 15) is 8.78 Å². The number of rotatable bonds is 2. The fourth-order valence-corrected chi connectivity index (χ4v) is 1.40. The number of benzene rings is 1. The van der Waals surface area contributed by atoms with Crippen molar-refractivity contribution in [2.75, 3.05) is 12.4 Å². The van der Waals surface area contributed by atoms with E-state index in [1.807, 2.05) is 0 Å². The average molecular weight is 221 g/mol. The van der Waals surface area contributed by atoms with Gasteiger partial charge in [0.15, 0.2) is 5.82 Å². The van der Waals surface area contributed by atoms with Gasteiger partial charge in [0.2, 0.25) is 0 Å². The van der Waals surface area contributed by atoms with Crippen LogP contribution in [0.2, 0.25) is 0 Å². The molecule has 0 fully saturated rings. The summed E-state index contributed by atoms with van der Waals surface area (Å²) in [5.74, 6) is -0.818. The molecule has 1 aromatic heterocycles. The third kappa shape index (κ3) is 1.84. The van der Waals surface area contributed by atoms with E-state index in [0.717, 1.165) is 6.07 Å². The van der Waals surface area contributed by atoms with E-state index < -0.39 is 11.6 Å². The van der Waals surface area contributed by atoms with Gasteiger partial charge in [-0.1, -0.05) is 0 Å². The van der Waals surface area contributed by atoms with Crippen LogP contribution in [0.25, 0.3) is 11.3 Å². The second-order valence-electron chi connectivity index (χ2n) is 3.13. The summed E-state index contributed by atoms with van der Waals surface area (Å²) < 4.78 is 26.3. The summed E-state index contributed by atoms with van der Waals surface area (Å²) in [6.07, 6.45) is 2.95. The van der Waals surface area contributed by atoms with Crippen LogP contribution in [0.15, 0.2) is 30.6 Å². The zero-order chi connectivity index (χ0) is 11.5. The van der Waals surface area contributed by atoms with Crippen LogP contribution in [-0.4, -0.2) is 17.0 Å². The van der Waals surface area contributed by atoms with Gasteiger partial charge in [0.25, 0.3) is 0 Å². The van der Waals surface area contributed by atoms with Gasteiger partial charge in [-0.05, 0) is 12.1 Å². The van der Waals surface area contributed by atoms with Crippen molar-refractivity contribution in [3.05, 3.63) is 42.2 Å². The van der Waals surface area contributed by atoms with Crippen molar-refractivity contribution in [1.29, 1.82) is 0 Å². The SMILES string of the molecule is CNc1nccnc1-c1ccc(F)cc1F. The predicted octanol–water partition coefficient (Wildman–Crippen LogP) is 2.46. The molecule has 0 unspecified atom stereocenters. The summed E-state index contributed by atoms with van der Waals surface area (Å²) in [5.41, 5.74) is 0.585. The van der Waals surface area contributed by atoms with E-state index in [-0.39, 0.29) is 5.56 Å². The van der Waals surface area contributed by atoms with Crippen LogP contribution in [0, 0.1) is 11.6 Å². The van der Waals surface area contributed by atoms with Crippen molar-refractivity contribution in [1.82, 2.24) is 9.97 Å². The first-order valence-corrected chi connectivity index (χ1v) is 4.66. The van der Waals surface area contributed by atoms with Gasteiger partial charge in [-0.3, -0.25) is 4.98 Å². The highest BCUT2D eigenvalue weighted by molar-refractivity contribution is 5.71. The van der Waals surface area contributed by atoms with Crippen LogP contribution in [0.3, 0.4) is 0 Å². The highest BCUT2D eigenvalue weighted by Gasteiger charge is 2.11. The molecule has 0 saturated heterocycles. The van der Waals surface area contributed by atoms with Gasteiger partial charge < -0.3 is 5.32 Å². The highest BCUT2D eigenvalue weighted by atomic mass is 19.1. The minimum Gasteiger partial charge on any atom is -0.371 e. The largest absolute Gasteiger partial charge is 0.371 e. The second kappa shape index (κ2) is 4.22. The maximum atomic E-state index is 13.5. The fourth-order valence-electron chi connectivity index (χ4n) is 1.40. The molecule has 0 atom stereocenters. The third-order valence-electron chi connectivity index (χ3n) is 2.12. The summed E-state index contributed by atoms with van der Waals surface area (Å²) in [5, 5.41) is 2.80. The molecule has 0 aliphatic carbocycles. The minimum atomic E-state index is -0.656. The Morgan fingerprint density at radius 2 is 1.88 bits per heavy atom.